The van der Waals surface area contributed by atoms with E-state index in [4.69, 9.17) is 4.74 Å². The number of hydrogen-bond donors (Lipinski definition) is 0. The van der Waals surface area contributed by atoms with Crippen molar-refractivity contribution in [2.45, 2.75) is 97.0 Å². The number of esters is 1. The van der Waals surface area contributed by atoms with E-state index in [1.807, 2.05) is 0 Å². The van der Waals surface area contributed by atoms with E-state index in [1.54, 1.807) is 0 Å². The number of hydrogen-bond acceptors (Lipinski definition) is 2. The second-order valence-corrected chi connectivity index (χ2v) is 10.0. The third kappa shape index (κ3) is 2.38. The maximum Gasteiger partial charge on any atom is 0.312 e. The summed E-state index contributed by atoms with van der Waals surface area (Å²) in [6, 6.07) is 0. The van der Waals surface area contributed by atoms with Crippen molar-refractivity contribution in [2.24, 2.45) is 28.6 Å². The Kier molecular flexibility index (Phi) is 3.63. The zero-order valence-electron chi connectivity index (χ0n) is 15.3. The Morgan fingerprint density at radius 3 is 1.91 bits per heavy atom. The van der Waals surface area contributed by atoms with Crippen LogP contribution in [0, 0.1) is 28.6 Å². The number of rotatable bonds is 4. The Morgan fingerprint density at radius 1 is 1.00 bits per heavy atom. The van der Waals surface area contributed by atoms with E-state index in [9.17, 15) is 4.79 Å². The van der Waals surface area contributed by atoms with Crippen molar-refractivity contribution in [1.29, 1.82) is 0 Å². The highest BCUT2D eigenvalue weighted by Crippen LogP contribution is 2.67. The fourth-order valence-corrected chi connectivity index (χ4v) is 6.82. The van der Waals surface area contributed by atoms with Crippen LogP contribution in [-0.4, -0.2) is 11.6 Å². The van der Waals surface area contributed by atoms with Crippen molar-refractivity contribution in [1.82, 2.24) is 0 Å². The van der Waals surface area contributed by atoms with Gasteiger partial charge >= 0.3 is 5.97 Å². The SMILES string of the molecule is CCC(C)(C)C(=O)OC1(C23CC4CC(CC(C4)C2)C3)CCCC1. The first-order chi connectivity index (χ1) is 10.9. The summed E-state index contributed by atoms with van der Waals surface area (Å²) in [5.74, 6) is 2.85. The van der Waals surface area contributed by atoms with Crippen molar-refractivity contribution >= 4 is 5.97 Å². The zero-order chi connectivity index (χ0) is 16.3. The van der Waals surface area contributed by atoms with Crippen LogP contribution in [0.2, 0.25) is 0 Å². The van der Waals surface area contributed by atoms with Crippen LogP contribution in [0.15, 0.2) is 0 Å². The van der Waals surface area contributed by atoms with Crippen LogP contribution >= 0.6 is 0 Å². The molecule has 0 unspecified atom stereocenters. The molecule has 0 atom stereocenters. The van der Waals surface area contributed by atoms with Gasteiger partial charge in [0, 0.05) is 5.41 Å². The summed E-state index contributed by atoms with van der Waals surface area (Å²) in [5.41, 5.74) is -0.123. The summed E-state index contributed by atoms with van der Waals surface area (Å²) >= 11 is 0. The predicted molar refractivity (Wildman–Crippen MR) is 92.0 cm³/mol. The first-order valence-corrected chi connectivity index (χ1v) is 10.1. The molecule has 2 heteroatoms. The molecule has 0 aromatic heterocycles. The van der Waals surface area contributed by atoms with Gasteiger partial charge in [0.2, 0.25) is 0 Å². The summed E-state index contributed by atoms with van der Waals surface area (Å²) in [6.07, 6.45) is 14.1. The summed E-state index contributed by atoms with van der Waals surface area (Å²) in [4.78, 5) is 12.9. The van der Waals surface area contributed by atoms with Crippen molar-refractivity contribution in [3.63, 3.8) is 0 Å². The van der Waals surface area contributed by atoms with Gasteiger partial charge in [-0.2, -0.15) is 0 Å². The van der Waals surface area contributed by atoms with Gasteiger partial charge < -0.3 is 4.74 Å². The molecule has 5 fully saturated rings. The fourth-order valence-electron chi connectivity index (χ4n) is 6.82. The van der Waals surface area contributed by atoms with E-state index in [-0.39, 0.29) is 17.0 Å². The fraction of sp³-hybridized carbons (Fsp3) is 0.952. The lowest BCUT2D eigenvalue weighted by atomic mass is 9.45. The third-order valence-corrected chi connectivity index (χ3v) is 8.14. The normalized spacial score (nSPS) is 41.3. The first kappa shape index (κ1) is 16.0. The minimum Gasteiger partial charge on any atom is -0.458 e. The second kappa shape index (κ2) is 5.23. The number of ether oxygens (including phenoxy) is 1. The van der Waals surface area contributed by atoms with Crippen LogP contribution in [0.25, 0.3) is 0 Å². The van der Waals surface area contributed by atoms with Crippen LogP contribution in [-0.2, 0) is 9.53 Å². The third-order valence-electron chi connectivity index (χ3n) is 8.14. The van der Waals surface area contributed by atoms with Crippen molar-refractivity contribution < 1.29 is 9.53 Å². The summed E-state index contributed by atoms with van der Waals surface area (Å²) in [7, 11) is 0. The van der Waals surface area contributed by atoms with E-state index in [0.29, 0.717) is 5.41 Å². The van der Waals surface area contributed by atoms with Crippen molar-refractivity contribution in [3.05, 3.63) is 0 Å². The van der Waals surface area contributed by atoms with Gasteiger partial charge in [-0.25, -0.2) is 0 Å². The van der Waals surface area contributed by atoms with Crippen molar-refractivity contribution in [2.75, 3.05) is 0 Å². The van der Waals surface area contributed by atoms with Gasteiger partial charge in [0.05, 0.1) is 5.41 Å². The monoisotopic (exact) mass is 318 g/mol. The van der Waals surface area contributed by atoms with E-state index < -0.39 is 0 Å². The van der Waals surface area contributed by atoms with Gasteiger partial charge in [-0.15, -0.1) is 0 Å². The summed E-state index contributed by atoms with van der Waals surface area (Å²) < 4.78 is 6.50. The Morgan fingerprint density at radius 2 is 1.48 bits per heavy atom. The molecule has 0 aliphatic heterocycles. The quantitative estimate of drug-likeness (QED) is 0.640. The molecule has 0 N–H and O–H groups in total. The molecule has 0 heterocycles. The topological polar surface area (TPSA) is 26.3 Å². The average Bonchev–Trinajstić information content (AvgIpc) is 2.96. The standard InChI is InChI=1S/C21H34O2/c1-4-19(2,3)18(22)23-21(7-5-6-8-21)20-12-15-9-16(13-20)11-17(10-15)14-20/h15-17H,4-14H2,1-3H3. The molecule has 23 heavy (non-hydrogen) atoms. The van der Waals surface area contributed by atoms with Gasteiger partial charge in [-0.1, -0.05) is 6.92 Å². The smallest absolute Gasteiger partial charge is 0.312 e. The minimum atomic E-state index is -0.335. The van der Waals surface area contributed by atoms with Gasteiger partial charge in [0.15, 0.2) is 0 Å². The maximum absolute atomic E-state index is 12.9. The largest absolute Gasteiger partial charge is 0.458 e. The molecule has 0 amide bonds. The molecule has 2 nitrogen and oxygen atoms in total. The predicted octanol–water partition coefficient (Wildman–Crippen LogP) is 5.50. The van der Waals surface area contributed by atoms with Crippen LogP contribution in [0.1, 0.15) is 91.4 Å². The minimum absolute atomic E-state index is 0.0673. The highest BCUT2D eigenvalue weighted by atomic mass is 16.6. The lowest BCUT2D eigenvalue weighted by molar-refractivity contribution is -0.215. The molecule has 5 saturated carbocycles. The van der Waals surface area contributed by atoms with Crippen LogP contribution in [0.4, 0.5) is 0 Å². The Hall–Kier alpha value is -0.530. The molecule has 130 valence electrons. The van der Waals surface area contributed by atoms with Crippen LogP contribution in [0.3, 0.4) is 0 Å². The lowest BCUT2D eigenvalue weighted by Crippen LogP contribution is -2.59. The molecular weight excluding hydrogens is 284 g/mol. The molecule has 0 aromatic carbocycles. The van der Waals surface area contributed by atoms with Crippen LogP contribution in [0.5, 0.6) is 0 Å². The number of carbonyl (C=O) groups is 1. The molecule has 5 aliphatic rings. The van der Waals surface area contributed by atoms with Gasteiger partial charge in [-0.05, 0) is 102 Å². The van der Waals surface area contributed by atoms with E-state index in [1.165, 1.54) is 51.4 Å². The van der Waals surface area contributed by atoms with Gasteiger partial charge in [-0.3, -0.25) is 4.79 Å². The molecular formula is C21H34O2. The molecule has 0 spiro atoms. The molecule has 5 rings (SSSR count). The highest BCUT2D eigenvalue weighted by molar-refractivity contribution is 5.76. The van der Waals surface area contributed by atoms with Gasteiger partial charge in [0.25, 0.3) is 0 Å². The lowest BCUT2D eigenvalue weighted by Gasteiger charge is -2.62. The summed E-state index contributed by atoms with van der Waals surface area (Å²) in [6.45, 7) is 6.21. The second-order valence-electron chi connectivity index (χ2n) is 10.0. The molecule has 0 radical (unpaired) electrons. The Balaban J connectivity index is 1.64. The maximum atomic E-state index is 12.9. The summed E-state index contributed by atoms with van der Waals surface area (Å²) in [5, 5.41) is 0. The molecule has 0 saturated heterocycles. The van der Waals surface area contributed by atoms with E-state index in [2.05, 4.69) is 20.8 Å². The van der Waals surface area contributed by atoms with Gasteiger partial charge in [0.1, 0.15) is 5.60 Å². The molecule has 0 aromatic rings. The Bertz CT molecular complexity index is 449. The zero-order valence-corrected chi connectivity index (χ0v) is 15.3. The highest BCUT2D eigenvalue weighted by Gasteiger charge is 2.63. The van der Waals surface area contributed by atoms with Crippen molar-refractivity contribution in [3.8, 4) is 0 Å². The first-order valence-electron chi connectivity index (χ1n) is 10.1. The van der Waals surface area contributed by atoms with E-state index in [0.717, 1.165) is 37.0 Å². The molecule has 5 aliphatic carbocycles. The molecule has 4 bridgehead atoms. The average molecular weight is 319 g/mol. The Labute approximate surface area is 141 Å². The number of carbonyl (C=O) groups excluding carboxylic acids is 1. The van der Waals surface area contributed by atoms with E-state index >= 15 is 0 Å². The van der Waals surface area contributed by atoms with Crippen LogP contribution < -0.4 is 0 Å².